The minimum Gasteiger partial charge on any atom is -0.438 e. The fourth-order valence-electron chi connectivity index (χ4n) is 2.71. The first-order valence-electron chi connectivity index (χ1n) is 7.94. The molecule has 7 heteroatoms. The van der Waals surface area contributed by atoms with Crippen LogP contribution in [0.2, 0.25) is 0 Å². The SMILES string of the molecule is NC(=O)CSc1nc(-c2ccc(F)cc2)nc2c1Cc1ccccc1O2. The molecule has 0 bridgehead atoms. The van der Waals surface area contributed by atoms with Gasteiger partial charge in [-0.05, 0) is 35.9 Å². The smallest absolute Gasteiger partial charge is 0.227 e. The molecule has 0 radical (unpaired) electrons. The lowest BCUT2D eigenvalue weighted by Crippen LogP contribution is -2.14. The minimum atomic E-state index is -0.428. The van der Waals surface area contributed by atoms with E-state index in [1.165, 1.54) is 23.9 Å². The molecule has 1 amide bonds. The van der Waals surface area contributed by atoms with Gasteiger partial charge in [-0.3, -0.25) is 4.79 Å². The van der Waals surface area contributed by atoms with Gasteiger partial charge in [-0.15, -0.1) is 0 Å². The molecular weight excluding hydrogens is 353 g/mol. The molecule has 0 atom stereocenters. The summed E-state index contributed by atoms with van der Waals surface area (Å²) in [5.74, 6) is 0.950. The van der Waals surface area contributed by atoms with Crippen molar-refractivity contribution in [1.82, 2.24) is 9.97 Å². The van der Waals surface area contributed by atoms with E-state index in [1.54, 1.807) is 12.1 Å². The first-order chi connectivity index (χ1) is 12.6. The highest BCUT2D eigenvalue weighted by atomic mass is 32.2. The van der Waals surface area contributed by atoms with Gasteiger partial charge in [-0.2, -0.15) is 4.98 Å². The number of aromatic nitrogens is 2. The normalized spacial score (nSPS) is 12.0. The number of fused-ring (bicyclic) bond motifs is 2. The van der Waals surface area contributed by atoms with E-state index in [9.17, 15) is 9.18 Å². The average Bonchev–Trinajstić information content (AvgIpc) is 2.65. The van der Waals surface area contributed by atoms with Crippen LogP contribution in [0.3, 0.4) is 0 Å². The maximum Gasteiger partial charge on any atom is 0.227 e. The van der Waals surface area contributed by atoms with Crippen molar-refractivity contribution in [2.75, 3.05) is 5.75 Å². The summed E-state index contributed by atoms with van der Waals surface area (Å²) < 4.78 is 19.2. The Morgan fingerprint density at radius 3 is 2.69 bits per heavy atom. The van der Waals surface area contributed by atoms with Gasteiger partial charge in [0.2, 0.25) is 11.8 Å². The Morgan fingerprint density at radius 1 is 1.15 bits per heavy atom. The molecule has 1 aliphatic heterocycles. The molecule has 4 rings (SSSR count). The lowest BCUT2D eigenvalue weighted by atomic mass is 10.0. The molecule has 0 fully saturated rings. The van der Waals surface area contributed by atoms with Gasteiger partial charge in [0.05, 0.1) is 11.3 Å². The van der Waals surface area contributed by atoms with Gasteiger partial charge in [0, 0.05) is 12.0 Å². The summed E-state index contributed by atoms with van der Waals surface area (Å²) in [6.07, 6.45) is 0.607. The number of carbonyl (C=O) groups excluding carboxylic acids is 1. The highest BCUT2D eigenvalue weighted by molar-refractivity contribution is 7.99. The second-order valence-corrected chi connectivity index (χ2v) is 6.75. The number of ether oxygens (including phenoxy) is 1. The van der Waals surface area contributed by atoms with Gasteiger partial charge in [0.15, 0.2) is 5.82 Å². The zero-order chi connectivity index (χ0) is 18.1. The molecule has 3 aromatic rings. The highest BCUT2D eigenvalue weighted by Crippen LogP contribution is 2.40. The van der Waals surface area contributed by atoms with E-state index in [-0.39, 0.29) is 11.6 Å². The van der Waals surface area contributed by atoms with E-state index in [1.807, 2.05) is 24.3 Å². The number of thioether (sulfide) groups is 1. The van der Waals surface area contributed by atoms with Crippen molar-refractivity contribution in [3.63, 3.8) is 0 Å². The number of amides is 1. The van der Waals surface area contributed by atoms with Gasteiger partial charge in [0.1, 0.15) is 16.6 Å². The zero-order valence-electron chi connectivity index (χ0n) is 13.6. The van der Waals surface area contributed by atoms with Crippen LogP contribution in [0.1, 0.15) is 11.1 Å². The lowest BCUT2D eigenvalue weighted by molar-refractivity contribution is -0.115. The van der Waals surface area contributed by atoms with Crippen LogP contribution in [-0.2, 0) is 11.2 Å². The van der Waals surface area contributed by atoms with Crippen molar-refractivity contribution >= 4 is 17.7 Å². The Balaban J connectivity index is 1.80. The number of para-hydroxylation sites is 1. The van der Waals surface area contributed by atoms with E-state index in [4.69, 9.17) is 10.5 Å². The van der Waals surface area contributed by atoms with Crippen molar-refractivity contribution in [1.29, 1.82) is 0 Å². The Hall–Kier alpha value is -2.93. The Kier molecular flexibility index (Phi) is 4.30. The molecule has 0 unspecified atom stereocenters. The molecule has 0 spiro atoms. The van der Waals surface area contributed by atoms with Crippen molar-refractivity contribution in [2.45, 2.75) is 11.4 Å². The molecule has 0 aliphatic carbocycles. The number of carbonyl (C=O) groups is 1. The second-order valence-electron chi connectivity index (χ2n) is 5.78. The standard InChI is InChI=1S/C19H14FN3O2S/c20-13-7-5-11(6-8-13)17-22-18-14(19(23-17)26-10-16(21)24)9-12-3-1-2-4-15(12)25-18/h1-8H,9-10H2,(H2,21,24). The summed E-state index contributed by atoms with van der Waals surface area (Å²) in [4.78, 5) is 20.3. The van der Waals surface area contributed by atoms with Crippen molar-refractivity contribution in [3.05, 3.63) is 65.5 Å². The van der Waals surface area contributed by atoms with E-state index in [2.05, 4.69) is 9.97 Å². The number of benzene rings is 2. The van der Waals surface area contributed by atoms with E-state index in [0.29, 0.717) is 28.7 Å². The second kappa shape index (κ2) is 6.76. The van der Waals surface area contributed by atoms with Crippen molar-refractivity contribution in [3.8, 4) is 23.0 Å². The Morgan fingerprint density at radius 2 is 1.92 bits per heavy atom. The highest BCUT2D eigenvalue weighted by Gasteiger charge is 2.24. The first kappa shape index (κ1) is 16.5. The topological polar surface area (TPSA) is 78.1 Å². The predicted molar refractivity (Wildman–Crippen MR) is 96.7 cm³/mol. The van der Waals surface area contributed by atoms with Crippen LogP contribution in [0.5, 0.6) is 11.6 Å². The molecule has 1 aliphatic rings. The molecule has 2 heterocycles. The molecule has 1 aromatic heterocycles. The van der Waals surface area contributed by atoms with Crippen molar-refractivity contribution < 1.29 is 13.9 Å². The summed E-state index contributed by atoms with van der Waals surface area (Å²) in [5, 5.41) is 0.641. The fraction of sp³-hybridized carbons (Fsp3) is 0.105. The Bertz CT molecular complexity index is 993. The van der Waals surface area contributed by atoms with Gasteiger partial charge in [0.25, 0.3) is 0 Å². The molecule has 26 heavy (non-hydrogen) atoms. The molecule has 0 saturated carbocycles. The number of hydrogen-bond donors (Lipinski definition) is 1. The lowest BCUT2D eigenvalue weighted by Gasteiger charge is -2.21. The summed E-state index contributed by atoms with van der Waals surface area (Å²) >= 11 is 1.25. The summed E-state index contributed by atoms with van der Waals surface area (Å²) in [5.41, 5.74) is 7.79. The van der Waals surface area contributed by atoms with Crippen LogP contribution < -0.4 is 10.5 Å². The molecule has 130 valence electrons. The third kappa shape index (κ3) is 3.25. The number of primary amides is 1. The maximum absolute atomic E-state index is 13.2. The van der Waals surface area contributed by atoms with Crippen molar-refractivity contribution in [2.24, 2.45) is 5.73 Å². The predicted octanol–water partition coefficient (Wildman–Crippen LogP) is 3.56. The number of nitrogens with two attached hydrogens (primary N) is 1. The van der Waals surface area contributed by atoms with Gasteiger partial charge < -0.3 is 10.5 Å². The molecule has 2 N–H and O–H groups in total. The maximum atomic E-state index is 13.2. The van der Waals surface area contributed by atoms with Crippen LogP contribution >= 0.6 is 11.8 Å². The zero-order valence-corrected chi connectivity index (χ0v) is 14.4. The fourth-order valence-corrected chi connectivity index (χ4v) is 3.47. The van der Waals surface area contributed by atoms with Crippen LogP contribution in [0.4, 0.5) is 4.39 Å². The van der Waals surface area contributed by atoms with Gasteiger partial charge in [-0.25, -0.2) is 9.37 Å². The molecule has 0 saturated heterocycles. The van der Waals surface area contributed by atoms with Crippen LogP contribution in [0.15, 0.2) is 53.6 Å². The quantitative estimate of drug-likeness (QED) is 0.441. The van der Waals surface area contributed by atoms with Crippen LogP contribution in [0.25, 0.3) is 11.4 Å². The summed E-state index contributed by atoms with van der Waals surface area (Å²) in [6.45, 7) is 0. The molecule has 2 aromatic carbocycles. The number of nitrogens with zero attached hydrogens (tertiary/aromatic N) is 2. The number of hydrogen-bond acceptors (Lipinski definition) is 5. The van der Waals surface area contributed by atoms with E-state index < -0.39 is 5.91 Å². The third-order valence-corrected chi connectivity index (χ3v) is 4.97. The van der Waals surface area contributed by atoms with Gasteiger partial charge in [-0.1, -0.05) is 30.0 Å². The van der Waals surface area contributed by atoms with Crippen LogP contribution in [-0.4, -0.2) is 21.6 Å². The first-order valence-corrected chi connectivity index (χ1v) is 8.92. The average molecular weight is 367 g/mol. The molecular formula is C19H14FN3O2S. The summed E-state index contributed by atoms with van der Waals surface area (Å²) in [7, 11) is 0. The largest absolute Gasteiger partial charge is 0.438 e. The monoisotopic (exact) mass is 367 g/mol. The molecule has 5 nitrogen and oxygen atoms in total. The minimum absolute atomic E-state index is 0.105. The Labute approximate surface area is 153 Å². The van der Waals surface area contributed by atoms with E-state index >= 15 is 0 Å². The van der Waals surface area contributed by atoms with Crippen LogP contribution in [0, 0.1) is 5.82 Å². The van der Waals surface area contributed by atoms with E-state index in [0.717, 1.165) is 16.9 Å². The summed E-state index contributed by atoms with van der Waals surface area (Å²) in [6, 6.07) is 13.6. The number of halogens is 1. The number of rotatable bonds is 4. The van der Waals surface area contributed by atoms with Gasteiger partial charge >= 0.3 is 0 Å². The third-order valence-electron chi connectivity index (χ3n) is 3.93.